The number of ether oxygens (including phenoxy) is 1. The predicted octanol–water partition coefficient (Wildman–Crippen LogP) is 2.13. The van der Waals surface area contributed by atoms with E-state index in [0.29, 0.717) is 0 Å². The van der Waals surface area contributed by atoms with E-state index < -0.39 is 31.0 Å². The van der Waals surface area contributed by atoms with E-state index >= 15 is 0 Å². The number of alkyl halides is 6. The van der Waals surface area contributed by atoms with Crippen molar-refractivity contribution in [3.8, 4) is 0 Å². The van der Waals surface area contributed by atoms with Gasteiger partial charge in [-0.05, 0) is 0 Å². The Bertz CT molecular complexity index is 152. The summed E-state index contributed by atoms with van der Waals surface area (Å²) in [5.74, 6) is -3.33. The third-order valence-corrected chi connectivity index (χ3v) is 1.44. The van der Waals surface area contributed by atoms with Gasteiger partial charge in [-0.25, -0.2) is 0 Å². The Labute approximate surface area is 63.3 Å². The van der Waals surface area contributed by atoms with Gasteiger partial charge in [0, 0.05) is 0 Å². The minimum absolute atomic E-state index is 0.469. The highest BCUT2D eigenvalue weighted by Crippen LogP contribution is 2.45. The van der Waals surface area contributed by atoms with Crippen LogP contribution in [-0.2, 0) is 4.74 Å². The van der Waals surface area contributed by atoms with Crippen LogP contribution in [0.3, 0.4) is 0 Å². The van der Waals surface area contributed by atoms with Crippen molar-refractivity contribution in [2.45, 2.75) is 18.5 Å². The second kappa shape index (κ2) is 2.51. The van der Waals surface area contributed by atoms with Crippen LogP contribution in [0.1, 0.15) is 0 Å². The molecule has 0 N–H and O–H groups in total. The minimum atomic E-state index is -5.26. The minimum Gasteiger partial charge on any atom is -0.372 e. The molecule has 0 spiro atoms. The van der Waals surface area contributed by atoms with Crippen molar-refractivity contribution in [3.05, 3.63) is 0 Å². The summed E-state index contributed by atoms with van der Waals surface area (Å²) in [6.45, 7) is -0.469. The fraction of sp³-hybridized carbons (Fsp3) is 1.00. The maximum atomic E-state index is 11.7. The van der Waals surface area contributed by atoms with Gasteiger partial charge in [-0.3, -0.25) is 0 Å². The molecular weight excluding hydrogens is 190 g/mol. The highest BCUT2D eigenvalue weighted by atomic mass is 19.4. The Morgan fingerprint density at radius 2 is 1.33 bits per heavy atom. The van der Waals surface area contributed by atoms with Crippen molar-refractivity contribution in [2.75, 3.05) is 6.61 Å². The van der Waals surface area contributed by atoms with E-state index in [1.54, 1.807) is 0 Å². The summed E-state index contributed by atoms with van der Waals surface area (Å²) in [5.41, 5.74) is 0. The molecule has 72 valence electrons. The average Bonchev–Trinajstić information content (AvgIpc) is 2.38. The van der Waals surface area contributed by atoms with E-state index in [9.17, 15) is 26.3 Å². The molecule has 0 saturated carbocycles. The van der Waals surface area contributed by atoms with Gasteiger partial charge in [0.15, 0.2) is 5.92 Å². The van der Waals surface area contributed by atoms with Crippen molar-refractivity contribution in [1.29, 1.82) is 0 Å². The summed E-state index contributed by atoms with van der Waals surface area (Å²) in [5, 5.41) is 0. The molecule has 1 saturated heterocycles. The first-order valence-corrected chi connectivity index (χ1v) is 2.98. The first-order chi connectivity index (χ1) is 5.23. The first-order valence-electron chi connectivity index (χ1n) is 2.98. The van der Waals surface area contributed by atoms with E-state index in [2.05, 4.69) is 4.74 Å². The molecule has 0 unspecified atom stereocenters. The lowest BCUT2D eigenvalue weighted by molar-refractivity contribution is -0.288. The SMILES string of the molecule is FC(F)(F)C([C@H]1CO1)C(F)(F)F. The maximum Gasteiger partial charge on any atom is 0.403 e. The second-order valence-electron chi connectivity index (χ2n) is 2.43. The summed E-state index contributed by atoms with van der Waals surface area (Å²) in [4.78, 5) is 0. The number of rotatable bonds is 1. The van der Waals surface area contributed by atoms with Gasteiger partial charge in [0.05, 0.1) is 6.61 Å². The van der Waals surface area contributed by atoms with Gasteiger partial charge in [0.25, 0.3) is 0 Å². The van der Waals surface area contributed by atoms with E-state index in [0.717, 1.165) is 0 Å². The number of epoxide rings is 1. The molecular formula is C5H4F6O. The van der Waals surface area contributed by atoms with Crippen LogP contribution in [0.2, 0.25) is 0 Å². The second-order valence-corrected chi connectivity index (χ2v) is 2.43. The molecule has 0 aromatic heterocycles. The monoisotopic (exact) mass is 194 g/mol. The van der Waals surface area contributed by atoms with Gasteiger partial charge in [0.1, 0.15) is 6.10 Å². The Morgan fingerprint density at radius 3 is 1.42 bits per heavy atom. The van der Waals surface area contributed by atoms with Gasteiger partial charge in [-0.15, -0.1) is 0 Å². The molecule has 0 aliphatic carbocycles. The average molecular weight is 194 g/mol. The first kappa shape index (κ1) is 9.63. The molecule has 1 atom stereocenters. The Morgan fingerprint density at radius 1 is 1.00 bits per heavy atom. The lowest BCUT2D eigenvalue weighted by Gasteiger charge is -2.20. The van der Waals surface area contributed by atoms with Crippen LogP contribution in [0.25, 0.3) is 0 Å². The van der Waals surface area contributed by atoms with E-state index in [-0.39, 0.29) is 0 Å². The molecule has 1 fully saturated rings. The summed E-state index contributed by atoms with van der Waals surface area (Å²) in [6, 6.07) is 0. The molecule has 1 heterocycles. The molecule has 1 nitrogen and oxygen atoms in total. The van der Waals surface area contributed by atoms with Crippen molar-refractivity contribution >= 4 is 0 Å². The third-order valence-electron chi connectivity index (χ3n) is 1.44. The topological polar surface area (TPSA) is 12.5 Å². The summed E-state index contributed by atoms with van der Waals surface area (Å²) >= 11 is 0. The van der Waals surface area contributed by atoms with Crippen molar-refractivity contribution in [1.82, 2.24) is 0 Å². The zero-order chi connectivity index (χ0) is 9.57. The van der Waals surface area contributed by atoms with Gasteiger partial charge < -0.3 is 4.74 Å². The van der Waals surface area contributed by atoms with Crippen molar-refractivity contribution < 1.29 is 31.1 Å². The van der Waals surface area contributed by atoms with E-state index in [1.165, 1.54) is 0 Å². The largest absolute Gasteiger partial charge is 0.403 e. The Hall–Kier alpha value is -0.460. The third kappa shape index (κ3) is 2.02. The van der Waals surface area contributed by atoms with Crippen LogP contribution >= 0.6 is 0 Å². The zero-order valence-electron chi connectivity index (χ0n) is 5.54. The smallest absolute Gasteiger partial charge is 0.372 e. The maximum absolute atomic E-state index is 11.7. The predicted molar refractivity (Wildman–Crippen MR) is 25.3 cm³/mol. The van der Waals surface area contributed by atoms with E-state index in [1.807, 2.05) is 0 Å². The van der Waals surface area contributed by atoms with Crippen LogP contribution in [0, 0.1) is 5.92 Å². The molecule has 0 amide bonds. The lowest BCUT2D eigenvalue weighted by atomic mass is 10.1. The zero-order valence-corrected chi connectivity index (χ0v) is 5.54. The highest BCUT2D eigenvalue weighted by Gasteiger charge is 2.63. The molecule has 0 radical (unpaired) electrons. The van der Waals surface area contributed by atoms with Crippen molar-refractivity contribution in [3.63, 3.8) is 0 Å². The molecule has 1 rings (SSSR count). The summed E-state index contributed by atoms with van der Waals surface area (Å²) in [6.07, 6.45) is -12.3. The van der Waals surface area contributed by atoms with Crippen LogP contribution in [-0.4, -0.2) is 25.1 Å². The van der Waals surface area contributed by atoms with E-state index in [4.69, 9.17) is 0 Å². The molecule has 0 aromatic carbocycles. The van der Waals surface area contributed by atoms with Gasteiger partial charge in [-0.2, -0.15) is 26.3 Å². The van der Waals surface area contributed by atoms with Gasteiger partial charge >= 0.3 is 12.4 Å². The Balaban J connectivity index is 2.74. The lowest BCUT2D eigenvalue weighted by Crippen LogP contribution is -2.40. The molecule has 7 heteroatoms. The molecule has 12 heavy (non-hydrogen) atoms. The van der Waals surface area contributed by atoms with Crippen LogP contribution < -0.4 is 0 Å². The fourth-order valence-corrected chi connectivity index (χ4v) is 0.855. The Kier molecular flexibility index (Phi) is 2.02. The highest BCUT2D eigenvalue weighted by molar-refractivity contribution is 4.89. The summed E-state index contributed by atoms with van der Waals surface area (Å²) < 4.78 is 74.2. The summed E-state index contributed by atoms with van der Waals surface area (Å²) in [7, 11) is 0. The van der Waals surface area contributed by atoms with Crippen LogP contribution in [0.5, 0.6) is 0 Å². The normalized spacial score (nSPS) is 24.8. The number of hydrogen-bond donors (Lipinski definition) is 0. The standard InChI is InChI=1S/C5H4F6O/c6-4(7,8)3(2-1-12-2)5(9,10)11/h2-3H,1H2/t2-/m1/s1. The molecule has 0 bridgehead atoms. The van der Waals surface area contributed by atoms with Crippen molar-refractivity contribution in [2.24, 2.45) is 5.92 Å². The quantitative estimate of drug-likeness (QED) is 0.460. The van der Waals surface area contributed by atoms with Crippen LogP contribution in [0.15, 0.2) is 0 Å². The fourth-order valence-electron chi connectivity index (χ4n) is 0.855. The number of hydrogen-bond acceptors (Lipinski definition) is 1. The number of halogens is 6. The molecule has 0 aromatic rings. The van der Waals surface area contributed by atoms with Gasteiger partial charge in [0.2, 0.25) is 0 Å². The molecule has 1 aliphatic rings. The molecule has 1 aliphatic heterocycles. The van der Waals surface area contributed by atoms with Crippen LogP contribution in [0.4, 0.5) is 26.3 Å². The van der Waals surface area contributed by atoms with Gasteiger partial charge in [-0.1, -0.05) is 0 Å².